The molecule has 0 aromatic heterocycles. The molecule has 0 saturated heterocycles. The fourth-order valence-electron chi connectivity index (χ4n) is 2.70. The van der Waals surface area contributed by atoms with Crippen LogP contribution in [0.15, 0.2) is 18.2 Å². The van der Waals surface area contributed by atoms with Gasteiger partial charge in [-0.25, -0.2) is 0 Å². The summed E-state index contributed by atoms with van der Waals surface area (Å²) in [6.45, 7) is 5.15. The zero-order valence-electron chi connectivity index (χ0n) is 12.9. The van der Waals surface area contributed by atoms with Crippen LogP contribution in [0.4, 0.5) is 5.69 Å². The molecule has 21 heavy (non-hydrogen) atoms. The summed E-state index contributed by atoms with van der Waals surface area (Å²) in [6.07, 6.45) is 4.51. The average molecular weight is 312 g/mol. The minimum absolute atomic E-state index is 0.318. The molecule has 0 spiro atoms. The van der Waals surface area contributed by atoms with E-state index in [2.05, 4.69) is 12.2 Å². The molecule has 1 aromatic rings. The van der Waals surface area contributed by atoms with Crippen molar-refractivity contribution >= 4 is 17.3 Å². The second-order valence-electron chi connectivity index (χ2n) is 6.23. The number of hydrogen-bond acceptors (Lipinski definition) is 3. The Morgan fingerprint density at radius 1 is 1.33 bits per heavy atom. The van der Waals surface area contributed by atoms with Gasteiger partial charge in [0.1, 0.15) is 0 Å². The molecule has 1 saturated carbocycles. The van der Waals surface area contributed by atoms with Crippen molar-refractivity contribution in [1.29, 1.82) is 0 Å². The summed E-state index contributed by atoms with van der Waals surface area (Å²) in [5.74, 6) is 0.819. The Morgan fingerprint density at radius 2 is 2.05 bits per heavy atom. The van der Waals surface area contributed by atoms with Crippen LogP contribution in [0.3, 0.4) is 0 Å². The predicted molar refractivity (Wildman–Crippen MR) is 88.1 cm³/mol. The Labute approximate surface area is 132 Å². The molecule has 3 nitrogen and oxygen atoms in total. The van der Waals surface area contributed by atoms with Crippen molar-refractivity contribution in [2.24, 2.45) is 5.92 Å². The van der Waals surface area contributed by atoms with Crippen LogP contribution in [-0.2, 0) is 4.74 Å². The van der Waals surface area contributed by atoms with Crippen molar-refractivity contribution in [2.45, 2.75) is 51.7 Å². The molecule has 1 unspecified atom stereocenters. The fraction of sp³-hybridized carbons (Fsp3) is 0.647. The van der Waals surface area contributed by atoms with E-state index in [1.165, 1.54) is 12.8 Å². The number of benzene rings is 1. The number of rotatable bonds is 6. The number of halogens is 1. The Morgan fingerprint density at radius 3 is 2.76 bits per heavy atom. The Balaban J connectivity index is 1.70. The van der Waals surface area contributed by atoms with E-state index in [0.717, 1.165) is 30.0 Å². The molecule has 0 aliphatic heterocycles. The molecule has 0 amide bonds. The first kappa shape index (κ1) is 16.6. The summed E-state index contributed by atoms with van der Waals surface area (Å²) in [5, 5.41) is 13.9. The summed E-state index contributed by atoms with van der Waals surface area (Å²) >= 11 is 6.12. The molecule has 118 valence electrons. The van der Waals surface area contributed by atoms with Crippen LogP contribution in [0.2, 0.25) is 5.02 Å². The lowest BCUT2D eigenvalue weighted by Crippen LogP contribution is -2.29. The van der Waals surface area contributed by atoms with E-state index in [9.17, 15) is 5.11 Å². The van der Waals surface area contributed by atoms with Gasteiger partial charge in [0.25, 0.3) is 0 Å². The predicted octanol–water partition coefficient (Wildman–Crippen LogP) is 4.02. The number of aliphatic hydroxyl groups excluding tert-OH is 1. The molecular formula is C17H26ClNO2. The van der Waals surface area contributed by atoms with Gasteiger partial charge in [0.05, 0.1) is 29.5 Å². The third-order valence-electron chi connectivity index (χ3n) is 4.14. The van der Waals surface area contributed by atoms with Gasteiger partial charge >= 0.3 is 0 Å². The highest BCUT2D eigenvalue weighted by Gasteiger charge is 2.19. The van der Waals surface area contributed by atoms with Gasteiger partial charge in [-0.3, -0.25) is 0 Å². The van der Waals surface area contributed by atoms with E-state index in [1.54, 1.807) is 0 Å². The lowest BCUT2D eigenvalue weighted by molar-refractivity contribution is -0.0245. The van der Waals surface area contributed by atoms with Gasteiger partial charge < -0.3 is 15.2 Å². The summed E-state index contributed by atoms with van der Waals surface area (Å²) in [6, 6.07) is 5.82. The van der Waals surface area contributed by atoms with Gasteiger partial charge in [0.15, 0.2) is 0 Å². The Hall–Kier alpha value is -0.770. The molecule has 1 aliphatic carbocycles. The Bertz CT molecular complexity index is 444. The van der Waals surface area contributed by atoms with Crippen molar-refractivity contribution in [1.82, 2.24) is 0 Å². The number of ether oxygens (including phenoxy) is 1. The van der Waals surface area contributed by atoms with Gasteiger partial charge in [0, 0.05) is 6.54 Å². The van der Waals surface area contributed by atoms with Crippen molar-refractivity contribution in [2.75, 3.05) is 18.5 Å². The van der Waals surface area contributed by atoms with Crippen LogP contribution in [0.25, 0.3) is 0 Å². The van der Waals surface area contributed by atoms with E-state index in [-0.39, 0.29) is 0 Å². The van der Waals surface area contributed by atoms with Crippen LogP contribution in [0, 0.1) is 12.8 Å². The highest BCUT2D eigenvalue weighted by molar-refractivity contribution is 6.33. The van der Waals surface area contributed by atoms with Gasteiger partial charge in [-0.05, 0) is 56.2 Å². The molecule has 1 fully saturated rings. The Kier molecular flexibility index (Phi) is 6.34. The smallest absolute Gasteiger partial charge is 0.0945 e. The maximum atomic E-state index is 10.0. The number of aliphatic hydroxyl groups is 1. The van der Waals surface area contributed by atoms with E-state index in [4.69, 9.17) is 16.3 Å². The standard InChI is InChI=1S/C17H26ClNO2/c1-12-3-6-15(7-4-12)21-11-14(20)10-19-17-9-13(2)5-8-16(17)18/h5,8-9,12,14-15,19-20H,3-4,6-7,10-11H2,1-2H3. The van der Waals surface area contributed by atoms with Crippen LogP contribution in [0.5, 0.6) is 0 Å². The normalized spacial score (nSPS) is 23.8. The number of hydrogen-bond donors (Lipinski definition) is 2. The monoisotopic (exact) mass is 311 g/mol. The lowest BCUT2D eigenvalue weighted by atomic mass is 9.89. The van der Waals surface area contributed by atoms with Crippen molar-refractivity contribution in [3.05, 3.63) is 28.8 Å². The third-order valence-corrected chi connectivity index (χ3v) is 4.47. The molecular weight excluding hydrogens is 286 g/mol. The van der Waals surface area contributed by atoms with Gasteiger partial charge in [-0.15, -0.1) is 0 Å². The summed E-state index contributed by atoms with van der Waals surface area (Å²) in [4.78, 5) is 0. The van der Waals surface area contributed by atoms with Gasteiger partial charge in [-0.1, -0.05) is 24.6 Å². The zero-order valence-corrected chi connectivity index (χ0v) is 13.7. The van der Waals surface area contributed by atoms with Crippen molar-refractivity contribution in [3.8, 4) is 0 Å². The van der Waals surface area contributed by atoms with Crippen LogP contribution >= 0.6 is 11.6 Å². The van der Waals surface area contributed by atoms with Gasteiger partial charge in [0.2, 0.25) is 0 Å². The second-order valence-corrected chi connectivity index (χ2v) is 6.64. The maximum absolute atomic E-state index is 10.0. The quantitative estimate of drug-likeness (QED) is 0.834. The lowest BCUT2D eigenvalue weighted by Gasteiger charge is -2.27. The highest BCUT2D eigenvalue weighted by atomic mass is 35.5. The highest BCUT2D eigenvalue weighted by Crippen LogP contribution is 2.26. The van der Waals surface area contributed by atoms with Crippen LogP contribution in [0.1, 0.15) is 38.2 Å². The minimum atomic E-state index is -0.513. The molecule has 2 N–H and O–H groups in total. The zero-order chi connectivity index (χ0) is 15.2. The molecule has 0 radical (unpaired) electrons. The van der Waals surface area contributed by atoms with E-state index in [1.807, 2.05) is 25.1 Å². The summed E-state index contributed by atoms with van der Waals surface area (Å²) in [5.41, 5.74) is 2.01. The molecule has 1 aliphatic rings. The minimum Gasteiger partial charge on any atom is -0.389 e. The number of nitrogens with one attached hydrogen (secondary N) is 1. The number of aryl methyl sites for hydroxylation is 1. The molecule has 4 heteroatoms. The summed E-state index contributed by atoms with van der Waals surface area (Å²) in [7, 11) is 0. The topological polar surface area (TPSA) is 41.5 Å². The first-order valence-electron chi connectivity index (χ1n) is 7.84. The van der Waals surface area contributed by atoms with E-state index < -0.39 is 6.10 Å². The fourth-order valence-corrected chi connectivity index (χ4v) is 2.89. The molecule has 1 aromatic carbocycles. The van der Waals surface area contributed by atoms with Crippen molar-refractivity contribution < 1.29 is 9.84 Å². The SMILES string of the molecule is Cc1ccc(Cl)c(NCC(O)COC2CCC(C)CC2)c1. The first-order chi connectivity index (χ1) is 10.0. The van der Waals surface area contributed by atoms with Crippen LogP contribution < -0.4 is 5.32 Å². The molecule has 0 heterocycles. The van der Waals surface area contributed by atoms with Crippen molar-refractivity contribution in [3.63, 3.8) is 0 Å². The molecule has 2 rings (SSSR count). The largest absolute Gasteiger partial charge is 0.389 e. The molecule has 1 atom stereocenters. The number of anilines is 1. The average Bonchev–Trinajstić information content (AvgIpc) is 2.47. The first-order valence-corrected chi connectivity index (χ1v) is 8.22. The second kappa shape index (κ2) is 8.02. The summed E-state index contributed by atoms with van der Waals surface area (Å²) < 4.78 is 5.81. The van der Waals surface area contributed by atoms with E-state index in [0.29, 0.717) is 24.3 Å². The van der Waals surface area contributed by atoms with E-state index >= 15 is 0 Å². The van der Waals surface area contributed by atoms with Gasteiger partial charge in [-0.2, -0.15) is 0 Å². The third kappa shape index (κ3) is 5.50. The molecule has 0 bridgehead atoms. The van der Waals surface area contributed by atoms with Crippen LogP contribution in [-0.4, -0.2) is 30.5 Å². The maximum Gasteiger partial charge on any atom is 0.0945 e.